The molecular formula is C21H23N3O4. The normalized spacial score (nSPS) is 17.2. The summed E-state index contributed by atoms with van der Waals surface area (Å²) in [6.45, 7) is 7.76. The number of aryl methyl sites for hydroxylation is 1. The molecule has 7 nitrogen and oxygen atoms in total. The van der Waals surface area contributed by atoms with Gasteiger partial charge in [0.25, 0.3) is 11.8 Å². The van der Waals surface area contributed by atoms with Crippen LogP contribution in [0.3, 0.4) is 0 Å². The fourth-order valence-electron chi connectivity index (χ4n) is 3.74. The summed E-state index contributed by atoms with van der Waals surface area (Å²) < 4.78 is 12.7. The number of hydrogen-bond acceptors (Lipinski definition) is 4. The Morgan fingerprint density at radius 2 is 2.07 bits per heavy atom. The summed E-state index contributed by atoms with van der Waals surface area (Å²) in [7, 11) is 0. The van der Waals surface area contributed by atoms with Gasteiger partial charge in [-0.2, -0.15) is 0 Å². The number of aromatic nitrogens is 1. The second-order valence-electron chi connectivity index (χ2n) is 7.02. The molecule has 146 valence electrons. The molecule has 0 N–H and O–H groups in total. The molecule has 4 heterocycles. The fourth-order valence-corrected chi connectivity index (χ4v) is 3.74. The summed E-state index contributed by atoms with van der Waals surface area (Å²) in [5, 5.41) is 0.909. The number of nitrogens with zero attached hydrogens (tertiary/aromatic N) is 3. The van der Waals surface area contributed by atoms with Crippen molar-refractivity contribution >= 4 is 22.9 Å². The van der Waals surface area contributed by atoms with Crippen molar-refractivity contribution in [1.82, 2.24) is 14.4 Å². The molecule has 28 heavy (non-hydrogen) atoms. The van der Waals surface area contributed by atoms with Gasteiger partial charge in [-0.1, -0.05) is 6.08 Å². The van der Waals surface area contributed by atoms with Crippen LogP contribution in [0.1, 0.15) is 34.4 Å². The molecule has 0 bridgehead atoms. The van der Waals surface area contributed by atoms with E-state index in [9.17, 15) is 9.59 Å². The van der Waals surface area contributed by atoms with Crippen LogP contribution in [0, 0.1) is 0 Å². The van der Waals surface area contributed by atoms with E-state index in [-0.39, 0.29) is 17.9 Å². The van der Waals surface area contributed by atoms with E-state index in [1.807, 2.05) is 29.7 Å². The molecule has 0 saturated carbocycles. The van der Waals surface area contributed by atoms with Crippen molar-refractivity contribution in [2.45, 2.75) is 25.9 Å². The summed E-state index contributed by atoms with van der Waals surface area (Å²) in [6, 6.07) is 6.99. The number of furan rings is 2. The quantitative estimate of drug-likeness (QED) is 0.635. The van der Waals surface area contributed by atoms with Gasteiger partial charge in [0.15, 0.2) is 5.76 Å². The predicted molar refractivity (Wildman–Crippen MR) is 104 cm³/mol. The molecule has 0 aromatic carbocycles. The molecule has 0 unspecified atom stereocenters. The van der Waals surface area contributed by atoms with Crippen molar-refractivity contribution in [2.75, 3.05) is 19.6 Å². The van der Waals surface area contributed by atoms with Gasteiger partial charge >= 0.3 is 0 Å². The first-order valence-electron chi connectivity index (χ1n) is 9.41. The number of fused-ring (bicyclic) bond motifs is 1. The van der Waals surface area contributed by atoms with Crippen LogP contribution in [-0.4, -0.2) is 51.9 Å². The Labute approximate surface area is 162 Å². The first-order chi connectivity index (χ1) is 13.6. The van der Waals surface area contributed by atoms with Crippen molar-refractivity contribution in [1.29, 1.82) is 0 Å². The first-order valence-corrected chi connectivity index (χ1v) is 9.41. The second-order valence-corrected chi connectivity index (χ2v) is 7.02. The second kappa shape index (κ2) is 7.42. The Morgan fingerprint density at radius 3 is 2.79 bits per heavy atom. The lowest BCUT2D eigenvalue weighted by atomic mass is 10.1. The van der Waals surface area contributed by atoms with Gasteiger partial charge in [0, 0.05) is 37.6 Å². The third-order valence-corrected chi connectivity index (χ3v) is 5.19. The highest BCUT2D eigenvalue weighted by molar-refractivity contribution is 5.98. The van der Waals surface area contributed by atoms with Crippen LogP contribution in [0.25, 0.3) is 11.1 Å². The molecular weight excluding hydrogens is 358 g/mol. The summed E-state index contributed by atoms with van der Waals surface area (Å²) >= 11 is 0. The van der Waals surface area contributed by atoms with Gasteiger partial charge in [-0.3, -0.25) is 9.59 Å². The number of piperazine rings is 1. The van der Waals surface area contributed by atoms with Crippen LogP contribution in [-0.2, 0) is 6.54 Å². The smallest absolute Gasteiger partial charge is 0.289 e. The average molecular weight is 381 g/mol. The highest BCUT2D eigenvalue weighted by Gasteiger charge is 2.33. The van der Waals surface area contributed by atoms with Crippen LogP contribution in [0.15, 0.2) is 58.3 Å². The van der Waals surface area contributed by atoms with E-state index >= 15 is 0 Å². The number of allylic oxidation sites excluding steroid dienone is 1. The molecule has 0 aliphatic carbocycles. The third-order valence-electron chi connectivity index (χ3n) is 5.19. The molecule has 4 rings (SSSR count). The summed E-state index contributed by atoms with van der Waals surface area (Å²) in [5.74, 6) is 0.133. The van der Waals surface area contributed by atoms with Gasteiger partial charge in [0.1, 0.15) is 5.69 Å². The van der Waals surface area contributed by atoms with E-state index < -0.39 is 0 Å². The molecule has 3 aromatic rings. The molecule has 0 spiro atoms. The fraction of sp³-hybridized carbons (Fsp3) is 0.333. The Kier molecular flexibility index (Phi) is 4.81. The summed E-state index contributed by atoms with van der Waals surface area (Å²) in [4.78, 5) is 29.3. The van der Waals surface area contributed by atoms with E-state index in [0.717, 1.165) is 11.8 Å². The molecule has 1 saturated heterocycles. The zero-order valence-corrected chi connectivity index (χ0v) is 15.8. The van der Waals surface area contributed by atoms with Gasteiger partial charge in [0.05, 0.1) is 12.5 Å². The molecule has 1 aliphatic heterocycles. The number of amides is 2. The Balaban J connectivity index is 1.52. The molecule has 3 aromatic heterocycles. The van der Waals surface area contributed by atoms with Gasteiger partial charge in [-0.25, -0.2) is 0 Å². The minimum Gasteiger partial charge on any atom is -0.459 e. The summed E-state index contributed by atoms with van der Waals surface area (Å²) in [6.07, 6.45) is 5.69. The van der Waals surface area contributed by atoms with E-state index in [2.05, 4.69) is 6.58 Å². The lowest BCUT2D eigenvalue weighted by Crippen LogP contribution is -2.55. The van der Waals surface area contributed by atoms with Gasteiger partial charge in [-0.05, 0) is 37.6 Å². The van der Waals surface area contributed by atoms with E-state index in [1.54, 1.807) is 28.2 Å². The molecule has 1 atom stereocenters. The van der Waals surface area contributed by atoms with Crippen LogP contribution < -0.4 is 0 Å². The largest absolute Gasteiger partial charge is 0.459 e. The van der Waals surface area contributed by atoms with Crippen molar-refractivity contribution in [3.05, 3.63) is 60.9 Å². The van der Waals surface area contributed by atoms with Gasteiger partial charge in [-0.15, -0.1) is 6.58 Å². The maximum absolute atomic E-state index is 13.2. The molecule has 1 aliphatic rings. The Morgan fingerprint density at radius 1 is 1.21 bits per heavy atom. The minimum absolute atomic E-state index is 0.0487. The lowest BCUT2D eigenvalue weighted by Gasteiger charge is -2.39. The maximum Gasteiger partial charge on any atom is 0.289 e. The van der Waals surface area contributed by atoms with Gasteiger partial charge in [0.2, 0.25) is 5.71 Å². The van der Waals surface area contributed by atoms with Crippen LogP contribution in [0.2, 0.25) is 0 Å². The number of carbonyl (C=O) groups is 2. The molecule has 7 heteroatoms. The number of hydrogen-bond donors (Lipinski definition) is 0. The van der Waals surface area contributed by atoms with E-state index in [4.69, 9.17) is 8.83 Å². The third kappa shape index (κ3) is 3.13. The lowest BCUT2D eigenvalue weighted by molar-refractivity contribution is 0.0391. The molecule has 0 radical (unpaired) electrons. The van der Waals surface area contributed by atoms with E-state index in [1.165, 1.54) is 6.26 Å². The maximum atomic E-state index is 13.2. The Bertz CT molecular complexity index is 998. The van der Waals surface area contributed by atoms with E-state index in [0.29, 0.717) is 43.3 Å². The van der Waals surface area contributed by atoms with Crippen LogP contribution >= 0.6 is 0 Å². The SMILES string of the molecule is C=CCCn1c(C(=O)N2CCN(C(=O)c3ccco3)[C@@H](C)C2)cc2ccoc21. The zero-order chi connectivity index (χ0) is 19.7. The molecule has 1 fully saturated rings. The first kappa shape index (κ1) is 18.2. The number of carbonyl (C=O) groups excluding carboxylic acids is 2. The highest BCUT2D eigenvalue weighted by Crippen LogP contribution is 2.24. The van der Waals surface area contributed by atoms with Crippen molar-refractivity contribution in [3.8, 4) is 0 Å². The molecule has 2 amide bonds. The van der Waals surface area contributed by atoms with Crippen molar-refractivity contribution in [3.63, 3.8) is 0 Å². The standard InChI is InChI=1S/C21H23N3O4/c1-3-4-8-24-17(13-16-7-12-28-21(16)24)19(25)22-9-10-23(15(2)14-22)20(26)18-6-5-11-27-18/h3,5-7,11-13,15H,1,4,8-10,14H2,2H3/t15-/m0/s1. The minimum atomic E-state index is -0.142. The van der Waals surface area contributed by atoms with Crippen LogP contribution in [0.4, 0.5) is 0 Å². The Hall–Kier alpha value is -3.22. The average Bonchev–Trinajstić information content (AvgIpc) is 3.42. The predicted octanol–water partition coefficient (Wildman–Crippen LogP) is 3.39. The van der Waals surface area contributed by atoms with Crippen LogP contribution in [0.5, 0.6) is 0 Å². The van der Waals surface area contributed by atoms with Gasteiger partial charge < -0.3 is 23.2 Å². The highest BCUT2D eigenvalue weighted by atomic mass is 16.3. The van der Waals surface area contributed by atoms with Crippen molar-refractivity contribution in [2.24, 2.45) is 0 Å². The van der Waals surface area contributed by atoms with Crippen molar-refractivity contribution < 1.29 is 18.4 Å². The number of rotatable bonds is 5. The summed E-state index contributed by atoms with van der Waals surface area (Å²) in [5.41, 5.74) is 1.30. The topological polar surface area (TPSA) is 71.8 Å². The monoisotopic (exact) mass is 381 g/mol. The zero-order valence-electron chi connectivity index (χ0n) is 15.8.